The summed E-state index contributed by atoms with van der Waals surface area (Å²) in [6.45, 7) is 1.32. The molecule has 1 fully saturated rings. The molecule has 0 amide bonds. The van der Waals surface area contributed by atoms with Crippen LogP contribution < -0.4 is 4.90 Å². The summed E-state index contributed by atoms with van der Waals surface area (Å²) < 4.78 is 0.950. The summed E-state index contributed by atoms with van der Waals surface area (Å²) in [5.41, 5.74) is 0. The minimum atomic E-state index is 0.273. The number of aromatic nitrogens is 2. The van der Waals surface area contributed by atoms with Crippen LogP contribution in [-0.4, -0.2) is 34.3 Å². The molecule has 0 spiro atoms. The van der Waals surface area contributed by atoms with Gasteiger partial charge in [0.1, 0.15) is 12.1 Å². The number of hydrogen-bond donors (Lipinski definition) is 1. The van der Waals surface area contributed by atoms with Gasteiger partial charge in [0.25, 0.3) is 0 Å². The van der Waals surface area contributed by atoms with Gasteiger partial charge in [0, 0.05) is 25.4 Å². The van der Waals surface area contributed by atoms with Gasteiger partial charge < -0.3 is 10.0 Å². The summed E-state index contributed by atoms with van der Waals surface area (Å²) in [6.07, 6.45) is 7.66. The van der Waals surface area contributed by atoms with E-state index in [-0.39, 0.29) is 6.61 Å². The van der Waals surface area contributed by atoms with Crippen molar-refractivity contribution in [2.75, 3.05) is 18.1 Å². The lowest BCUT2D eigenvalue weighted by Gasteiger charge is -2.26. The zero-order valence-electron chi connectivity index (χ0n) is 9.14. The summed E-state index contributed by atoms with van der Waals surface area (Å²) in [5.74, 6) is 0.982. The number of nitrogens with zero attached hydrogens (tertiary/aromatic N) is 3. The first-order valence-corrected chi connectivity index (χ1v) is 6.45. The zero-order valence-corrected chi connectivity index (χ0v) is 10.7. The molecule has 1 atom stereocenters. The van der Waals surface area contributed by atoms with Crippen molar-refractivity contribution in [2.45, 2.75) is 31.7 Å². The van der Waals surface area contributed by atoms with Crippen molar-refractivity contribution in [3.8, 4) is 0 Å². The summed E-state index contributed by atoms with van der Waals surface area (Å²) in [7, 11) is 0. The minimum Gasteiger partial charge on any atom is -0.396 e. The van der Waals surface area contributed by atoms with Gasteiger partial charge in [0.05, 0.1) is 4.47 Å². The SMILES string of the molecule is OCCCC1CCCN1c1ncncc1Br. The van der Waals surface area contributed by atoms with Crippen LogP contribution in [0, 0.1) is 0 Å². The second-order valence-electron chi connectivity index (χ2n) is 4.05. The van der Waals surface area contributed by atoms with Crippen LogP contribution in [0.2, 0.25) is 0 Å². The van der Waals surface area contributed by atoms with Gasteiger partial charge in [0.2, 0.25) is 0 Å². The fraction of sp³-hybridized carbons (Fsp3) is 0.636. The first-order chi connectivity index (χ1) is 7.83. The van der Waals surface area contributed by atoms with Crippen LogP contribution in [0.3, 0.4) is 0 Å². The van der Waals surface area contributed by atoms with E-state index in [4.69, 9.17) is 5.11 Å². The Balaban J connectivity index is 2.10. The molecule has 2 heterocycles. The molecule has 0 aliphatic carbocycles. The predicted molar refractivity (Wildman–Crippen MR) is 66.4 cm³/mol. The maximum atomic E-state index is 8.88. The number of aliphatic hydroxyl groups excluding tert-OH is 1. The fourth-order valence-electron chi connectivity index (χ4n) is 2.26. The second-order valence-corrected chi connectivity index (χ2v) is 4.90. The lowest BCUT2D eigenvalue weighted by Crippen LogP contribution is -2.30. The molecule has 1 unspecified atom stereocenters. The van der Waals surface area contributed by atoms with E-state index in [1.165, 1.54) is 12.8 Å². The average molecular weight is 286 g/mol. The Bertz CT molecular complexity index is 348. The summed E-state index contributed by atoms with van der Waals surface area (Å²) in [5, 5.41) is 8.88. The summed E-state index contributed by atoms with van der Waals surface area (Å²) >= 11 is 3.49. The third kappa shape index (κ3) is 2.52. The second kappa shape index (κ2) is 5.59. The van der Waals surface area contributed by atoms with Crippen LogP contribution >= 0.6 is 15.9 Å². The third-order valence-electron chi connectivity index (χ3n) is 2.99. The van der Waals surface area contributed by atoms with E-state index in [1.54, 1.807) is 12.5 Å². The van der Waals surface area contributed by atoms with Gasteiger partial charge in [-0.3, -0.25) is 0 Å². The molecule has 1 aliphatic heterocycles. The Morgan fingerprint density at radius 3 is 3.19 bits per heavy atom. The van der Waals surface area contributed by atoms with Crippen molar-refractivity contribution >= 4 is 21.7 Å². The van der Waals surface area contributed by atoms with Crippen molar-refractivity contribution in [3.63, 3.8) is 0 Å². The maximum Gasteiger partial charge on any atom is 0.146 e. The quantitative estimate of drug-likeness (QED) is 0.919. The first-order valence-electron chi connectivity index (χ1n) is 5.66. The Hall–Kier alpha value is -0.680. The van der Waals surface area contributed by atoms with Crippen LogP contribution in [0.4, 0.5) is 5.82 Å². The normalized spacial score (nSPS) is 20.4. The van der Waals surface area contributed by atoms with Gasteiger partial charge in [0.15, 0.2) is 0 Å². The van der Waals surface area contributed by atoms with Gasteiger partial charge in [-0.15, -0.1) is 0 Å². The van der Waals surface area contributed by atoms with Gasteiger partial charge in [-0.1, -0.05) is 0 Å². The molecule has 2 rings (SSSR count). The van der Waals surface area contributed by atoms with Crippen LogP contribution in [0.25, 0.3) is 0 Å². The molecule has 16 heavy (non-hydrogen) atoms. The number of anilines is 1. The molecular formula is C11H16BrN3O. The molecule has 0 aromatic carbocycles. The number of halogens is 1. The smallest absolute Gasteiger partial charge is 0.146 e. The molecule has 1 aliphatic rings. The Morgan fingerprint density at radius 1 is 1.56 bits per heavy atom. The Kier molecular flexibility index (Phi) is 4.12. The largest absolute Gasteiger partial charge is 0.396 e. The van der Waals surface area contributed by atoms with Crippen molar-refractivity contribution < 1.29 is 5.11 Å². The molecule has 0 bridgehead atoms. The molecule has 1 N–H and O–H groups in total. The van der Waals surface area contributed by atoms with E-state index in [0.717, 1.165) is 29.7 Å². The summed E-state index contributed by atoms with van der Waals surface area (Å²) in [4.78, 5) is 10.6. The first kappa shape index (κ1) is 11.8. The molecule has 88 valence electrons. The van der Waals surface area contributed by atoms with Gasteiger partial charge in [-0.05, 0) is 41.6 Å². The molecule has 1 aromatic heterocycles. The maximum absolute atomic E-state index is 8.88. The lowest BCUT2D eigenvalue weighted by molar-refractivity contribution is 0.279. The van der Waals surface area contributed by atoms with Crippen LogP contribution in [-0.2, 0) is 0 Å². The number of hydrogen-bond acceptors (Lipinski definition) is 4. The Labute approximate surface area is 104 Å². The molecule has 0 radical (unpaired) electrons. The highest BCUT2D eigenvalue weighted by Crippen LogP contribution is 2.30. The number of rotatable bonds is 4. The van der Waals surface area contributed by atoms with E-state index >= 15 is 0 Å². The van der Waals surface area contributed by atoms with E-state index in [2.05, 4.69) is 30.8 Å². The standard InChI is InChI=1S/C11H16BrN3O/c12-10-7-13-8-14-11(10)15-5-1-3-9(15)4-2-6-16/h7-9,16H,1-6H2. The highest BCUT2D eigenvalue weighted by molar-refractivity contribution is 9.10. The zero-order chi connectivity index (χ0) is 11.4. The minimum absolute atomic E-state index is 0.273. The predicted octanol–water partition coefficient (Wildman–Crippen LogP) is 1.98. The van der Waals surface area contributed by atoms with Crippen LogP contribution in [0.5, 0.6) is 0 Å². The fourth-order valence-corrected chi connectivity index (χ4v) is 2.71. The van der Waals surface area contributed by atoms with Crippen molar-refractivity contribution in [2.24, 2.45) is 0 Å². The highest BCUT2D eigenvalue weighted by atomic mass is 79.9. The van der Waals surface area contributed by atoms with E-state index in [0.29, 0.717) is 6.04 Å². The van der Waals surface area contributed by atoms with Gasteiger partial charge >= 0.3 is 0 Å². The van der Waals surface area contributed by atoms with Crippen molar-refractivity contribution in [1.29, 1.82) is 0 Å². The highest BCUT2D eigenvalue weighted by Gasteiger charge is 2.26. The average Bonchev–Trinajstić information content (AvgIpc) is 2.75. The molecule has 5 heteroatoms. The Morgan fingerprint density at radius 2 is 2.44 bits per heavy atom. The van der Waals surface area contributed by atoms with Crippen LogP contribution in [0.1, 0.15) is 25.7 Å². The monoisotopic (exact) mass is 285 g/mol. The summed E-state index contributed by atoms with van der Waals surface area (Å²) in [6, 6.07) is 0.512. The molecule has 4 nitrogen and oxygen atoms in total. The number of aliphatic hydroxyl groups is 1. The van der Waals surface area contributed by atoms with E-state index in [9.17, 15) is 0 Å². The molecular weight excluding hydrogens is 270 g/mol. The van der Waals surface area contributed by atoms with Crippen molar-refractivity contribution in [3.05, 3.63) is 17.0 Å². The van der Waals surface area contributed by atoms with Gasteiger partial charge in [-0.2, -0.15) is 0 Å². The van der Waals surface area contributed by atoms with Crippen LogP contribution in [0.15, 0.2) is 17.0 Å². The van der Waals surface area contributed by atoms with Crippen molar-refractivity contribution in [1.82, 2.24) is 9.97 Å². The molecule has 0 saturated carbocycles. The van der Waals surface area contributed by atoms with E-state index in [1.807, 2.05) is 0 Å². The van der Waals surface area contributed by atoms with Gasteiger partial charge in [-0.25, -0.2) is 9.97 Å². The molecule has 1 aromatic rings. The topological polar surface area (TPSA) is 49.2 Å². The third-order valence-corrected chi connectivity index (χ3v) is 3.55. The van der Waals surface area contributed by atoms with E-state index < -0.39 is 0 Å². The molecule has 1 saturated heterocycles. The lowest BCUT2D eigenvalue weighted by atomic mass is 10.1.